The van der Waals surface area contributed by atoms with E-state index in [1.165, 1.54) is 0 Å². The van der Waals surface area contributed by atoms with Crippen LogP contribution in [0.15, 0.2) is 0 Å². The number of nitrogens with zero attached hydrogens (tertiary/aromatic N) is 2. The maximum absolute atomic E-state index is 8.61. The fourth-order valence-electron chi connectivity index (χ4n) is 1.31. The molecule has 1 unspecified atom stereocenters. The Kier molecular flexibility index (Phi) is 7.40. The minimum absolute atomic E-state index is 0.398. The van der Waals surface area contributed by atoms with E-state index in [0.717, 1.165) is 13.1 Å². The number of hydrogen-bond donors (Lipinski definition) is 1. The molecule has 0 heterocycles. The zero-order valence-corrected chi connectivity index (χ0v) is 9.36. The van der Waals surface area contributed by atoms with Crippen LogP contribution in [0.5, 0.6) is 0 Å². The SMILES string of the molecule is COCCN(CC(C)C)CC(N)C#N. The lowest BCUT2D eigenvalue weighted by atomic mass is 10.2. The first-order chi connectivity index (χ1) is 6.60. The molecular formula is C10H21N3O. The molecule has 0 aromatic heterocycles. The van der Waals surface area contributed by atoms with Crippen LogP contribution in [0.1, 0.15) is 13.8 Å². The monoisotopic (exact) mass is 199 g/mol. The predicted molar refractivity (Wildman–Crippen MR) is 56.7 cm³/mol. The van der Waals surface area contributed by atoms with Crippen LogP contribution >= 0.6 is 0 Å². The average Bonchev–Trinajstić information content (AvgIpc) is 2.13. The average molecular weight is 199 g/mol. The Labute approximate surface area is 86.6 Å². The molecule has 0 fully saturated rings. The third-order valence-electron chi connectivity index (χ3n) is 1.86. The van der Waals surface area contributed by atoms with Crippen molar-refractivity contribution in [2.75, 3.05) is 33.4 Å². The van der Waals surface area contributed by atoms with Gasteiger partial charge in [0.1, 0.15) is 6.04 Å². The second-order valence-electron chi connectivity index (χ2n) is 3.88. The molecule has 82 valence electrons. The first-order valence-corrected chi connectivity index (χ1v) is 4.96. The Morgan fingerprint density at radius 1 is 1.43 bits per heavy atom. The Morgan fingerprint density at radius 2 is 2.07 bits per heavy atom. The van der Waals surface area contributed by atoms with Gasteiger partial charge in [-0.2, -0.15) is 5.26 Å². The lowest BCUT2D eigenvalue weighted by molar-refractivity contribution is 0.139. The molecule has 0 saturated carbocycles. The molecule has 14 heavy (non-hydrogen) atoms. The standard InChI is InChI=1S/C10H21N3O/c1-9(2)7-13(4-5-14-3)8-10(12)6-11/h9-10H,4-5,7-8,12H2,1-3H3. The van der Waals surface area contributed by atoms with Crippen molar-refractivity contribution in [3.8, 4) is 6.07 Å². The molecule has 4 heteroatoms. The first-order valence-electron chi connectivity index (χ1n) is 4.96. The Hall–Kier alpha value is -0.630. The molecule has 0 rings (SSSR count). The summed E-state index contributed by atoms with van der Waals surface area (Å²) in [6, 6.07) is 1.64. The minimum atomic E-state index is -0.398. The molecule has 4 nitrogen and oxygen atoms in total. The number of nitrogens with two attached hydrogens (primary N) is 1. The van der Waals surface area contributed by atoms with Crippen molar-refractivity contribution < 1.29 is 4.74 Å². The van der Waals surface area contributed by atoms with E-state index in [4.69, 9.17) is 15.7 Å². The lowest BCUT2D eigenvalue weighted by Crippen LogP contribution is -2.40. The van der Waals surface area contributed by atoms with Gasteiger partial charge in [0.25, 0.3) is 0 Å². The summed E-state index contributed by atoms with van der Waals surface area (Å²) < 4.78 is 5.00. The maximum Gasteiger partial charge on any atom is 0.106 e. The number of hydrogen-bond acceptors (Lipinski definition) is 4. The summed E-state index contributed by atoms with van der Waals surface area (Å²) in [5.41, 5.74) is 5.58. The summed E-state index contributed by atoms with van der Waals surface area (Å²) in [6.45, 7) is 7.40. The van der Waals surface area contributed by atoms with E-state index in [2.05, 4.69) is 18.7 Å². The van der Waals surface area contributed by atoms with Gasteiger partial charge in [-0.15, -0.1) is 0 Å². The number of ether oxygens (including phenoxy) is 1. The van der Waals surface area contributed by atoms with Crippen LogP contribution in [0, 0.1) is 17.2 Å². The highest BCUT2D eigenvalue weighted by atomic mass is 16.5. The van der Waals surface area contributed by atoms with Crippen LogP contribution in [0.4, 0.5) is 0 Å². The highest BCUT2D eigenvalue weighted by molar-refractivity contribution is 4.89. The predicted octanol–water partition coefficient (Wildman–Crippen LogP) is 0.442. The van der Waals surface area contributed by atoms with E-state index in [1.807, 2.05) is 6.07 Å². The quantitative estimate of drug-likeness (QED) is 0.646. The van der Waals surface area contributed by atoms with E-state index >= 15 is 0 Å². The number of nitriles is 1. The van der Waals surface area contributed by atoms with Crippen LogP contribution in [0.3, 0.4) is 0 Å². The smallest absolute Gasteiger partial charge is 0.106 e. The zero-order valence-electron chi connectivity index (χ0n) is 9.36. The van der Waals surface area contributed by atoms with Crippen molar-refractivity contribution in [1.82, 2.24) is 4.90 Å². The van der Waals surface area contributed by atoms with Gasteiger partial charge < -0.3 is 10.5 Å². The molecule has 0 aliphatic heterocycles. The van der Waals surface area contributed by atoms with Crippen molar-refractivity contribution in [2.45, 2.75) is 19.9 Å². The summed E-state index contributed by atoms with van der Waals surface area (Å²) >= 11 is 0. The van der Waals surface area contributed by atoms with Crippen LogP contribution < -0.4 is 5.73 Å². The van der Waals surface area contributed by atoms with E-state index in [9.17, 15) is 0 Å². The zero-order chi connectivity index (χ0) is 11.0. The summed E-state index contributed by atoms with van der Waals surface area (Å²) in [5.74, 6) is 0.581. The first kappa shape index (κ1) is 13.4. The lowest BCUT2D eigenvalue weighted by Gasteiger charge is -2.24. The van der Waals surface area contributed by atoms with Gasteiger partial charge in [-0.05, 0) is 5.92 Å². The topological polar surface area (TPSA) is 62.3 Å². The van der Waals surface area contributed by atoms with Crippen molar-refractivity contribution in [1.29, 1.82) is 5.26 Å². The number of rotatable bonds is 7. The minimum Gasteiger partial charge on any atom is -0.383 e. The Bertz CT molecular complexity index is 177. The highest BCUT2D eigenvalue weighted by Gasteiger charge is 2.10. The van der Waals surface area contributed by atoms with Gasteiger partial charge in [-0.25, -0.2) is 0 Å². The summed E-state index contributed by atoms with van der Waals surface area (Å²) in [4.78, 5) is 2.17. The van der Waals surface area contributed by atoms with Gasteiger partial charge in [0.2, 0.25) is 0 Å². The second-order valence-corrected chi connectivity index (χ2v) is 3.88. The van der Waals surface area contributed by atoms with Gasteiger partial charge in [-0.3, -0.25) is 4.90 Å². The molecule has 0 aromatic rings. The van der Waals surface area contributed by atoms with E-state index in [0.29, 0.717) is 19.1 Å². The van der Waals surface area contributed by atoms with Gasteiger partial charge in [0.15, 0.2) is 0 Å². The second kappa shape index (κ2) is 7.74. The van der Waals surface area contributed by atoms with Crippen molar-refractivity contribution in [3.05, 3.63) is 0 Å². The van der Waals surface area contributed by atoms with E-state index in [1.54, 1.807) is 7.11 Å². The van der Waals surface area contributed by atoms with E-state index < -0.39 is 6.04 Å². The molecule has 0 aromatic carbocycles. The molecule has 0 amide bonds. The third kappa shape index (κ3) is 6.84. The molecular weight excluding hydrogens is 178 g/mol. The number of methoxy groups -OCH3 is 1. The van der Waals surface area contributed by atoms with Crippen LogP contribution in [0.2, 0.25) is 0 Å². The van der Waals surface area contributed by atoms with Gasteiger partial charge >= 0.3 is 0 Å². The molecule has 0 bridgehead atoms. The van der Waals surface area contributed by atoms with Gasteiger partial charge in [-0.1, -0.05) is 13.8 Å². The molecule has 0 radical (unpaired) electrons. The van der Waals surface area contributed by atoms with Crippen molar-refractivity contribution in [3.63, 3.8) is 0 Å². The molecule has 2 N–H and O–H groups in total. The third-order valence-corrected chi connectivity index (χ3v) is 1.86. The van der Waals surface area contributed by atoms with Crippen LogP contribution in [-0.4, -0.2) is 44.3 Å². The molecule has 0 aliphatic carbocycles. The van der Waals surface area contributed by atoms with Crippen molar-refractivity contribution >= 4 is 0 Å². The summed E-state index contributed by atoms with van der Waals surface area (Å²) in [5, 5.41) is 8.61. The maximum atomic E-state index is 8.61. The largest absolute Gasteiger partial charge is 0.383 e. The van der Waals surface area contributed by atoms with Crippen LogP contribution in [-0.2, 0) is 4.74 Å². The normalized spacial score (nSPS) is 13.2. The van der Waals surface area contributed by atoms with Gasteiger partial charge in [0.05, 0.1) is 12.7 Å². The Balaban J connectivity index is 3.91. The molecule has 1 atom stereocenters. The molecule has 0 aliphatic rings. The molecule has 0 saturated heterocycles. The highest BCUT2D eigenvalue weighted by Crippen LogP contribution is 1.99. The van der Waals surface area contributed by atoms with Crippen LogP contribution in [0.25, 0.3) is 0 Å². The van der Waals surface area contributed by atoms with Crippen molar-refractivity contribution in [2.24, 2.45) is 11.7 Å². The van der Waals surface area contributed by atoms with E-state index in [-0.39, 0.29) is 0 Å². The fourth-order valence-corrected chi connectivity index (χ4v) is 1.31. The fraction of sp³-hybridized carbons (Fsp3) is 0.900. The summed E-state index contributed by atoms with van der Waals surface area (Å²) in [7, 11) is 1.68. The van der Waals surface area contributed by atoms with Gasteiger partial charge in [0, 0.05) is 26.7 Å². The summed E-state index contributed by atoms with van der Waals surface area (Å²) in [6.07, 6.45) is 0. The molecule has 0 spiro atoms. The Morgan fingerprint density at radius 3 is 2.50 bits per heavy atom.